The van der Waals surface area contributed by atoms with E-state index in [4.69, 9.17) is 0 Å². The number of anilines is 1. The molecule has 3 nitrogen and oxygen atoms in total. The molecule has 1 heterocycles. The summed E-state index contributed by atoms with van der Waals surface area (Å²) in [5, 5.41) is 6.12. The Bertz CT molecular complexity index is 703. The van der Waals surface area contributed by atoms with Crippen molar-refractivity contribution in [1.82, 2.24) is 5.32 Å². The van der Waals surface area contributed by atoms with Gasteiger partial charge in [-0.05, 0) is 77.0 Å². The van der Waals surface area contributed by atoms with Crippen LogP contribution in [0.25, 0.3) is 0 Å². The third-order valence-corrected chi connectivity index (χ3v) is 4.43. The molecule has 21 heavy (non-hydrogen) atoms. The van der Waals surface area contributed by atoms with Gasteiger partial charge in [-0.15, -0.1) is 0 Å². The van der Waals surface area contributed by atoms with E-state index < -0.39 is 0 Å². The smallest absolute Gasteiger partial charge is 0.255 e. The quantitative estimate of drug-likeness (QED) is 0.765. The van der Waals surface area contributed by atoms with Crippen LogP contribution >= 0.6 is 22.6 Å². The van der Waals surface area contributed by atoms with Gasteiger partial charge in [0.25, 0.3) is 5.91 Å². The zero-order valence-electron chi connectivity index (χ0n) is 11.2. The van der Waals surface area contributed by atoms with Crippen molar-refractivity contribution in [3.8, 4) is 0 Å². The number of fused-ring (bicyclic) bond motifs is 1. The summed E-state index contributed by atoms with van der Waals surface area (Å²) < 4.78 is 13.8. The van der Waals surface area contributed by atoms with E-state index in [1.165, 1.54) is 23.3 Å². The van der Waals surface area contributed by atoms with E-state index in [1.54, 1.807) is 6.07 Å². The molecule has 0 saturated carbocycles. The fourth-order valence-corrected chi connectivity index (χ4v) is 3.02. The van der Waals surface area contributed by atoms with Crippen LogP contribution in [0.15, 0.2) is 36.4 Å². The molecule has 0 bridgehead atoms. The van der Waals surface area contributed by atoms with Crippen LogP contribution in [0, 0.1) is 9.39 Å². The molecule has 0 fully saturated rings. The van der Waals surface area contributed by atoms with Crippen LogP contribution in [0.4, 0.5) is 10.1 Å². The van der Waals surface area contributed by atoms with Crippen molar-refractivity contribution in [3.05, 3.63) is 62.5 Å². The zero-order chi connectivity index (χ0) is 14.8. The molecule has 1 aliphatic rings. The van der Waals surface area contributed by atoms with Gasteiger partial charge in [0.1, 0.15) is 5.82 Å². The standard InChI is InChI=1S/C16H14FIN2O/c17-13-3-4-15(14(18)8-13)20-16(21)11-2-1-10-5-6-19-9-12(10)7-11/h1-4,7-8,19H,5-6,9H2,(H,20,21). The molecule has 2 aromatic rings. The molecule has 0 aliphatic carbocycles. The van der Waals surface area contributed by atoms with Gasteiger partial charge in [-0.25, -0.2) is 4.39 Å². The SMILES string of the molecule is O=C(Nc1ccc(F)cc1I)c1ccc2c(c1)CNCC2. The normalized spacial score (nSPS) is 13.6. The predicted molar refractivity (Wildman–Crippen MR) is 88.9 cm³/mol. The molecule has 0 aromatic heterocycles. The molecule has 1 amide bonds. The summed E-state index contributed by atoms with van der Waals surface area (Å²) in [5.74, 6) is -0.481. The highest BCUT2D eigenvalue weighted by Crippen LogP contribution is 2.21. The maximum atomic E-state index is 13.1. The first-order chi connectivity index (χ1) is 10.1. The van der Waals surface area contributed by atoms with Gasteiger partial charge in [0.15, 0.2) is 0 Å². The third-order valence-electron chi connectivity index (χ3n) is 3.53. The van der Waals surface area contributed by atoms with Crippen molar-refractivity contribution in [2.45, 2.75) is 13.0 Å². The summed E-state index contributed by atoms with van der Waals surface area (Å²) in [6, 6.07) is 10.1. The molecule has 108 valence electrons. The number of benzene rings is 2. The highest BCUT2D eigenvalue weighted by molar-refractivity contribution is 14.1. The highest BCUT2D eigenvalue weighted by atomic mass is 127. The number of hydrogen-bond acceptors (Lipinski definition) is 2. The number of carbonyl (C=O) groups is 1. The fourth-order valence-electron chi connectivity index (χ4n) is 2.41. The van der Waals surface area contributed by atoms with Crippen molar-refractivity contribution < 1.29 is 9.18 Å². The number of amides is 1. The van der Waals surface area contributed by atoms with Crippen LogP contribution in [-0.4, -0.2) is 12.5 Å². The topological polar surface area (TPSA) is 41.1 Å². The Balaban J connectivity index is 1.82. The van der Waals surface area contributed by atoms with Gasteiger partial charge < -0.3 is 10.6 Å². The van der Waals surface area contributed by atoms with Crippen molar-refractivity contribution >= 4 is 34.2 Å². The lowest BCUT2D eigenvalue weighted by molar-refractivity contribution is 0.102. The predicted octanol–water partition coefficient (Wildman–Crippen LogP) is 3.33. The van der Waals surface area contributed by atoms with Crippen LogP contribution in [0.5, 0.6) is 0 Å². The van der Waals surface area contributed by atoms with Crippen molar-refractivity contribution in [2.24, 2.45) is 0 Å². The van der Waals surface area contributed by atoms with E-state index >= 15 is 0 Å². The molecular weight excluding hydrogens is 382 g/mol. The summed E-state index contributed by atoms with van der Waals surface area (Å²) in [6.07, 6.45) is 0.993. The number of carbonyl (C=O) groups excluding carboxylic acids is 1. The molecule has 0 atom stereocenters. The largest absolute Gasteiger partial charge is 0.321 e. The van der Waals surface area contributed by atoms with Crippen molar-refractivity contribution in [3.63, 3.8) is 0 Å². The first kappa shape index (κ1) is 14.5. The average molecular weight is 396 g/mol. The lowest BCUT2D eigenvalue weighted by atomic mass is 9.98. The van der Waals surface area contributed by atoms with Crippen LogP contribution in [0.2, 0.25) is 0 Å². The Morgan fingerprint density at radius 1 is 1.19 bits per heavy atom. The fraction of sp³-hybridized carbons (Fsp3) is 0.188. The molecule has 0 unspecified atom stereocenters. The molecule has 0 saturated heterocycles. The average Bonchev–Trinajstić information content (AvgIpc) is 2.49. The van der Waals surface area contributed by atoms with Gasteiger partial charge in [-0.3, -0.25) is 4.79 Å². The maximum absolute atomic E-state index is 13.1. The van der Waals surface area contributed by atoms with E-state index in [1.807, 2.05) is 40.8 Å². The van der Waals surface area contributed by atoms with E-state index in [2.05, 4.69) is 10.6 Å². The Hall–Kier alpha value is -1.47. The summed E-state index contributed by atoms with van der Waals surface area (Å²) in [4.78, 5) is 12.3. The molecule has 0 radical (unpaired) electrons. The van der Waals surface area contributed by atoms with Crippen LogP contribution in [0.1, 0.15) is 21.5 Å². The minimum absolute atomic E-state index is 0.173. The van der Waals surface area contributed by atoms with E-state index in [0.717, 1.165) is 19.5 Å². The Morgan fingerprint density at radius 3 is 2.86 bits per heavy atom. The number of nitrogens with one attached hydrogen (secondary N) is 2. The van der Waals surface area contributed by atoms with Gasteiger partial charge in [0.05, 0.1) is 5.69 Å². The van der Waals surface area contributed by atoms with Crippen LogP contribution in [-0.2, 0) is 13.0 Å². The molecule has 1 aliphatic heterocycles. The molecule has 5 heteroatoms. The minimum atomic E-state index is -0.308. The number of hydrogen-bond donors (Lipinski definition) is 2. The monoisotopic (exact) mass is 396 g/mol. The van der Waals surface area contributed by atoms with E-state index in [9.17, 15) is 9.18 Å². The van der Waals surface area contributed by atoms with Gasteiger partial charge in [0.2, 0.25) is 0 Å². The summed E-state index contributed by atoms with van der Waals surface area (Å²) in [6.45, 7) is 1.77. The van der Waals surface area contributed by atoms with E-state index in [0.29, 0.717) is 14.8 Å². The number of rotatable bonds is 2. The second-order valence-electron chi connectivity index (χ2n) is 4.99. The lowest BCUT2D eigenvalue weighted by Gasteiger charge is -2.17. The lowest BCUT2D eigenvalue weighted by Crippen LogP contribution is -2.24. The third kappa shape index (κ3) is 3.24. The molecule has 0 spiro atoms. The van der Waals surface area contributed by atoms with Gasteiger partial charge in [-0.2, -0.15) is 0 Å². The summed E-state index contributed by atoms with van der Waals surface area (Å²) in [5.41, 5.74) is 3.71. The van der Waals surface area contributed by atoms with Crippen molar-refractivity contribution in [1.29, 1.82) is 0 Å². The van der Waals surface area contributed by atoms with Crippen molar-refractivity contribution in [2.75, 3.05) is 11.9 Å². The highest BCUT2D eigenvalue weighted by Gasteiger charge is 2.13. The molecule has 2 aromatic carbocycles. The Morgan fingerprint density at radius 2 is 2.05 bits per heavy atom. The first-order valence-corrected chi connectivity index (χ1v) is 7.80. The van der Waals surface area contributed by atoms with Gasteiger partial charge in [0, 0.05) is 15.7 Å². The van der Waals surface area contributed by atoms with Crippen LogP contribution in [0.3, 0.4) is 0 Å². The van der Waals surface area contributed by atoms with E-state index in [-0.39, 0.29) is 11.7 Å². The summed E-state index contributed by atoms with van der Waals surface area (Å²) in [7, 11) is 0. The summed E-state index contributed by atoms with van der Waals surface area (Å²) >= 11 is 2.01. The Kier molecular flexibility index (Phi) is 4.21. The Labute approximate surface area is 136 Å². The zero-order valence-corrected chi connectivity index (χ0v) is 13.4. The molecular formula is C16H14FIN2O. The number of halogens is 2. The second kappa shape index (κ2) is 6.11. The first-order valence-electron chi connectivity index (χ1n) is 6.72. The van der Waals surface area contributed by atoms with Gasteiger partial charge >= 0.3 is 0 Å². The molecule has 2 N–H and O–H groups in total. The second-order valence-corrected chi connectivity index (χ2v) is 6.15. The van der Waals surface area contributed by atoms with Gasteiger partial charge in [-0.1, -0.05) is 6.07 Å². The minimum Gasteiger partial charge on any atom is -0.321 e. The molecule has 3 rings (SSSR count). The van der Waals surface area contributed by atoms with Crippen LogP contribution < -0.4 is 10.6 Å². The maximum Gasteiger partial charge on any atom is 0.255 e.